The molecule has 3 aromatic rings. The number of hydrogen-bond donors (Lipinski definition) is 1. The van der Waals surface area contributed by atoms with Crippen molar-refractivity contribution in [3.05, 3.63) is 76.2 Å². The van der Waals surface area contributed by atoms with E-state index in [-0.39, 0.29) is 10.6 Å². The molecule has 1 N–H and O–H groups in total. The third-order valence-corrected chi connectivity index (χ3v) is 6.87. The highest BCUT2D eigenvalue weighted by Crippen LogP contribution is 2.15. The van der Waals surface area contributed by atoms with Crippen LogP contribution in [0.2, 0.25) is 0 Å². The van der Waals surface area contributed by atoms with Gasteiger partial charge in [-0.3, -0.25) is 19.1 Å². The van der Waals surface area contributed by atoms with E-state index in [4.69, 9.17) is 4.74 Å². The molecule has 0 saturated heterocycles. The molecule has 0 aliphatic rings. The SMILES string of the molecule is Cc1ccc(S(=O)(=O)CCC(=O)OCC(=O)Nc2c(C)n(C)n(-c3ccccc3)c2=O)cc1. The number of carbonyl (C=O) groups is 2. The van der Waals surface area contributed by atoms with Gasteiger partial charge in [0.15, 0.2) is 16.4 Å². The minimum atomic E-state index is -3.65. The molecule has 0 atom stereocenters. The number of rotatable bonds is 8. The monoisotopic (exact) mass is 471 g/mol. The van der Waals surface area contributed by atoms with Crippen LogP contribution in [0.1, 0.15) is 17.7 Å². The van der Waals surface area contributed by atoms with Crippen LogP contribution in [0.4, 0.5) is 5.69 Å². The summed E-state index contributed by atoms with van der Waals surface area (Å²) in [5.41, 5.74) is 1.72. The maximum atomic E-state index is 12.8. The molecule has 0 spiro atoms. The number of esters is 1. The Balaban J connectivity index is 1.58. The molecule has 3 rings (SSSR count). The van der Waals surface area contributed by atoms with Gasteiger partial charge in [-0.25, -0.2) is 13.1 Å². The number of nitrogens with one attached hydrogen (secondary N) is 1. The number of ether oxygens (including phenoxy) is 1. The lowest BCUT2D eigenvalue weighted by molar-refractivity contribution is -0.146. The Hall–Kier alpha value is -3.66. The number of hydrogen-bond acceptors (Lipinski definition) is 6. The molecule has 33 heavy (non-hydrogen) atoms. The number of sulfone groups is 1. The van der Waals surface area contributed by atoms with Gasteiger partial charge in [0.1, 0.15) is 5.69 Å². The van der Waals surface area contributed by atoms with Crippen molar-refractivity contribution < 1.29 is 22.7 Å². The van der Waals surface area contributed by atoms with Crippen molar-refractivity contribution in [3.8, 4) is 5.69 Å². The summed E-state index contributed by atoms with van der Waals surface area (Å²) in [6, 6.07) is 15.2. The van der Waals surface area contributed by atoms with Crippen molar-refractivity contribution in [1.82, 2.24) is 9.36 Å². The van der Waals surface area contributed by atoms with Crippen molar-refractivity contribution >= 4 is 27.4 Å². The van der Waals surface area contributed by atoms with E-state index in [1.165, 1.54) is 16.8 Å². The molecule has 0 fully saturated rings. The zero-order chi connectivity index (χ0) is 24.2. The molecule has 9 nitrogen and oxygen atoms in total. The van der Waals surface area contributed by atoms with Gasteiger partial charge in [0, 0.05) is 7.05 Å². The van der Waals surface area contributed by atoms with Gasteiger partial charge in [-0.2, -0.15) is 0 Å². The van der Waals surface area contributed by atoms with E-state index in [0.717, 1.165) is 5.56 Å². The van der Waals surface area contributed by atoms with E-state index >= 15 is 0 Å². The van der Waals surface area contributed by atoms with Crippen LogP contribution < -0.4 is 10.9 Å². The minimum absolute atomic E-state index is 0.0735. The van der Waals surface area contributed by atoms with Crippen molar-refractivity contribution in [2.75, 3.05) is 17.7 Å². The molecule has 1 heterocycles. The minimum Gasteiger partial charge on any atom is -0.456 e. The van der Waals surface area contributed by atoms with Crippen LogP contribution in [0, 0.1) is 13.8 Å². The third-order valence-electron chi connectivity index (χ3n) is 5.14. The highest BCUT2D eigenvalue weighted by Gasteiger charge is 2.20. The van der Waals surface area contributed by atoms with Crippen LogP contribution in [-0.2, 0) is 31.2 Å². The van der Waals surface area contributed by atoms with Gasteiger partial charge >= 0.3 is 5.97 Å². The summed E-state index contributed by atoms with van der Waals surface area (Å²) in [6.45, 7) is 2.88. The molecule has 2 aromatic carbocycles. The molecule has 0 radical (unpaired) electrons. The Morgan fingerprint density at radius 1 is 1.00 bits per heavy atom. The van der Waals surface area contributed by atoms with Crippen LogP contribution in [-0.4, -0.2) is 42.0 Å². The molecule has 0 unspecified atom stereocenters. The Labute approximate surface area is 191 Å². The standard InChI is InChI=1S/C23H25N3O6S/c1-16-9-11-19(12-10-16)33(30,31)14-13-21(28)32-15-20(27)24-22-17(2)25(3)26(23(22)29)18-7-5-4-6-8-18/h4-12H,13-15H2,1-3H3,(H,24,27). The van der Waals surface area contributed by atoms with E-state index in [9.17, 15) is 22.8 Å². The lowest BCUT2D eigenvalue weighted by Crippen LogP contribution is -2.26. The fourth-order valence-electron chi connectivity index (χ4n) is 3.19. The fourth-order valence-corrected chi connectivity index (χ4v) is 4.41. The van der Waals surface area contributed by atoms with Gasteiger partial charge in [0.2, 0.25) is 0 Å². The molecule has 0 aliphatic heterocycles. The average Bonchev–Trinajstić information content (AvgIpc) is 3.00. The Morgan fingerprint density at radius 2 is 1.64 bits per heavy atom. The zero-order valence-electron chi connectivity index (χ0n) is 18.6. The normalized spacial score (nSPS) is 11.2. The molecular formula is C23H25N3O6S. The molecule has 0 bridgehead atoms. The Morgan fingerprint density at radius 3 is 2.27 bits per heavy atom. The summed E-state index contributed by atoms with van der Waals surface area (Å²) in [7, 11) is -1.96. The molecule has 174 valence electrons. The van der Waals surface area contributed by atoms with Gasteiger partial charge in [-0.1, -0.05) is 35.9 Å². The molecule has 0 aliphatic carbocycles. The summed E-state index contributed by atoms with van der Waals surface area (Å²) in [6.07, 6.45) is -0.394. The summed E-state index contributed by atoms with van der Waals surface area (Å²) in [4.78, 5) is 37.2. The van der Waals surface area contributed by atoms with Gasteiger partial charge in [-0.05, 0) is 38.1 Å². The number of amides is 1. The average molecular weight is 472 g/mol. The van der Waals surface area contributed by atoms with Crippen LogP contribution >= 0.6 is 0 Å². The topological polar surface area (TPSA) is 116 Å². The fraction of sp³-hybridized carbons (Fsp3) is 0.261. The van der Waals surface area contributed by atoms with E-state index in [2.05, 4.69) is 5.32 Å². The first-order valence-corrected chi connectivity index (χ1v) is 11.8. The molecule has 1 amide bonds. The molecule has 10 heteroatoms. The number of benzene rings is 2. The summed E-state index contributed by atoms with van der Waals surface area (Å²) in [5, 5.41) is 2.48. The van der Waals surface area contributed by atoms with Crippen molar-refractivity contribution in [2.24, 2.45) is 7.05 Å². The van der Waals surface area contributed by atoms with Crippen LogP contribution in [0.3, 0.4) is 0 Å². The van der Waals surface area contributed by atoms with Crippen molar-refractivity contribution in [1.29, 1.82) is 0 Å². The highest BCUT2D eigenvalue weighted by molar-refractivity contribution is 7.91. The number of carbonyl (C=O) groups excluding carboxylic acids is 2. The van der Waals surface area contributed by atoms with E-state index in [1.807, 2.05) is 13.0 Å². The van der Waals surface area contributed by atoms with Gasteiger partial charge in [0.05, 0.1) is 28.5 Å². The predicted octanol–water partition coefficient (Wildman–Crippen LogP) is 2.14. The quantitative estimate of drug-likeness (QED) is 0.503. The lowest BCUT2D eigenvalue weighted by Gasteiger charge is -2.07. The number of aromatic nitrogens is 2. The van der Waals surface area contributed by atoms with Gasteiger partial charge < -0.3 is 10.1 Å². The Kier molecular flexibility index (Phi) is 7.17. The van der Waals surface area contributed by atoms with Crippen molar-refractivity contribution in [2.45, 2.75) is 25.2 Å². The maximum absolute atomic E-state index is 12.8. The third kappa shape index (κ3) is 5.58. The van der Waals surface area contributed by atoms with Gasteiger partial charge in [-0.15, -0.1) is 0 Å². The van der Waals surface area contributed by atoms with Crippen LogP contribution in [0.15, 0.2) is 64.3 Å². The summed E-state index contributed by atoms with van der Waals surface area (Å²) >= 11 is 0. The zero-order valence-corrected chi connectivity index (χ0v) is 19.4. The first-order chi connectivity index (χ1) is 15.6. The molecule has 1 aromatic heterocycles. The van der Waals surface area contributed by atoms with E-state index in [1.54, 1.807) is 55.1 Å². The second-order valence-electron chi connectivity index (χ2n) is 7.53. The lowest BCUT2D eigenvalue weighted by atomic mass is 10.2. The first kappa shape index (κ1) is 24.0. The highest BCUT2D eigenvalue weighted by atomic mass is 32.2. The second kappa shape index (κ2) is 9.86. The molecular weight excluding hydrogens is 446 g/mol. The van der Waals surface area contributed by atoms with Crippen LogP contribution in [0.25, 0.3) is 5.69 Å². The maximum Gasteiger partial charge on any atom is 0.307 e. The van der Waals surface area contributed by atoms with Gasteiger partial charge in [0.25, 0.3) is 11.5 Å². The second-order valence-corrected chi connectivity index (χ2v) is 9.64. The summed E-state index contributed by atoms with van der Waals surface area (Å²) < 4.78 is 32.6. The summed E-state index contributed by atoms with van der Waals surface area (Å²) in [5.74, 6) is -1.96. The number of aryl methyl sites for hydroxylation is 1. The van der Waals surface area contributed by atoms with E-state index in [0.29, 0.717) is 11.4 Å². The van der Waals surface area contributed by atoms with E-state index < -0.39 is 46.1 Å². The number of para-hydroxylation sites is 1. The predicted molar refractivity (Wildman–Crippen MR) is 123 cm³/mol. The Bertz CT molecular complexity index is 1320. The first-order valence-electron chi connectivity index (χ1n) is 10.2. The number of nitrogens with zero attached hydrogens (tertiary/aromatic N) is 2. The van der Waals surface area contributed by atoms with Crippen molar-refractivity contribution in [3.63, 3.8) is 0 Å². The molecule has 0 saturated carbocycles. The largest absolute Gasteiger partial charge is 0.456 e. The number of anilines is 1. The smallest absolute Gasteiger partial charge is 0.307 e. The van der Waals surface area contributed by atoms with Crippen LogP contribution in [0.5, 0.6) is 0 Å².